The Morgan fingerprint density at radius 2 is 2.00 bits per heavy atom. The van der Waals surface area contributed by atoms with Crippen molar-refractivity contribution in [3.63, 3.8) is 0 Å². The van der Waals surface area contributed by atoms with Crippen molar-refractivity contribution < 1.29 is 9.47 Å². The molecule has 2 rings (SSSR count). The summed E-state index contributed by atoms with van der Waals surface area (Å²) in [6.45, 7) is 1.74. The first kappa shape index (κ1) is 9.68. The van der Waals surface area contributed by atoms with Gasteiger partial charge in [-0.1, -0.05) is 6.07 Å². The van der Waals surface area contributed by atoms with E-state index in [9.17, 15) is 0 Å². The summed E-state index contributed by atoms with van der Waals surface area (Å²) in [7, 11) is 0. The molecule has 0 saturated heterocycles. The fourth-order valence-corrected chi connectivity index (χ4v) is 1.56. The monoisotopic (exact) mass is 211 g/mol. The van der Waals surface area contributed by atoms with Crippen LogP contribution in [0.1, 0.15) is 10.8 Å². The number of benzene rings is 1. The van der Waals surface area contributed by atoms with E-state index in [-0.39, 0.29) is 5.25 Å². The van der Waals surface area contributed by atoms with Crippen LogP contribution in [0.3, 0.4) is 0 Å². The highest BCUT2D eigenvalue weighted by Gasteiger charge is 2.13. The van der Waals surface area contributed by atoms with Crippen molar-refractivity contribution in [2.45, 2.75) is 5.25 Å². The zero-order valence-corrected chi connectivity index (χ0v) is 8.67. The van der Waals surface area contributed by atoms with Crippen LogP contribution in [0, 0.1) is 0 Å². The van der Waals surface area contributed by atoms with Crippen molar-refractivity contribution in [1.82, 2.24) is 0 Å². The molecule has 0 aromatic heterocycles. The smallest absolute Gasteiger partial charge is 0.161 e. The second-order valence-corrected chi connectivity index (χ2v) is 3.78. The van der Waals surface area contributed by atoms with E-state index in [2.05, 4.69) is 12.6 Å². The standard InChI is InChI=1S/C10H13NO2S/c11-6-10(14)7-1-2-8-9(5-7)13-4-3-12-8/h1-2,5,10,14H,3-4,6,11H2. The van der Waals surface area contributed by atoms with Gasteiger partial charge in [-0.15, -0.1) is 0 Å². The maximum Gasteiger partial charge on any atom is 0.161 e. The molecule has 1 aromatic carbocycles. The maximum atomic E-state index is 5.53. The van der Waals surface area contributed by atoms with E-state index < -0.39 is 0 Å². The van der Waals surface area contributed by atoms with Gasteiger partial charge in [0.15, 0.2) is 11.5 Å². The van der Waals surface area contributed by atoms with Crippen LogP contribution >= 0.6 is 12.6 Å². The minimum absolute atomic E-state index is 0.0610. The molecule has 14 heavy (non-hydrogen) atoms. The summed E-state index contributed by atoms with van der Waals surface area (Å²) < 4.78 is 10.9. The van der Waals surface area contributed by atoms with E-state index in [1.807, 2.05) is 18.2 Å². The van der Waals surface area contributed by atoms with Gasteiger partial charge in [0.1, 0.15) is 13.2 Å². The minimum atomic E-state index is 0.0610. The van der Waals surface area contributed by atoms with E-state index in [0.29, 0.717) is 19.8 Å². The summed E-state index contributed by atoms with van der Waals surface area (Å²) in [5, 5.41) is 0.0610. The lowest BCUT2D eigenvalue weighted by molar-refractivity contribution is 0.171. The number of thiol groups is 1. The fourth-order valence-electron chi connectivity index (χ4n) is 1.40. The Bertz CT molecular complexity index is 330. The van der Waals surface area contributed by atoms with Gasteiger partial charge >= 0.3 is 0 Å². The van der Waals surface area contributed by atoms with Crippen molar-refractivity contribution in [3.05, 3.63) is 23.8 Å². The molecule has 1 atom stereocenters. The molecule has 0 bridgehead atoms. The van der Waals surface area contributed by atoms with E-state index in [4.69, 9.17) is 15.2 Å². The highest BCUT2D eigenvalue weighted by Crippen LogP contribution is 2.33. The molecule has 0 saturated carbocycles. The first-order valence-electron chi connectivity index (χ1n) is 4.59. The van der Waals surface area contributed by atoms with Crippen LogP contribution in [0.15, 0.2) is 18.2 Å². The molecular weight excluding hydrogens is 198 g/mol. The highest BCUT2D eigenvalue weighted by molar-refractivity contribution is 7.80. The van der Waals surface area contributed by atoms with Gasteiger partial charge in [0.2, 0.25) is 0 Å². The van der Waals surface area contributed by atoms with Crippen LogP contribution < -0.4 is 15.2 Å². The lowest BCUT2D eigenvalue weighted by atomic mass is 10.1. The number of rotatable bonds is 2. The first-order valence-corrected chi connectivity index (χ1v) is 5.10. The molecule has 0 fully saturated rings. The van der Waals surface area contributed by atoms with Crippen LogP contribution in [0.2, 0.25) is 0 Å². The lowest BCUT2D eigenvalue weighted by Gasteiger charge is -2.19. The molecule has 4 heteroatoms. The summed E-state index contributed by atoms with van der Waals surface area (Å²) in [6, 6.07) is 5.82. The van der Waals surface area contributed by atoms with Gasteiger partial charge in [-0.05, 0) is 17.7 Å². The largest absolute Gasteiger partial charge is 0.486 e. The third-order valence-corrected chi connectivity index (χ3v) is 2.68. The van der Waals surface area contributed by atoms with Gasteiger partial charge in [-0.2, -0.15) is 12.6 Å². The number of ether oxygens (including phenoxy) is 2. The molecular formula is C10H13NO2S. The Morgan fingerprint density at radius 3 is 2.71 bits per heavy atom. The topological polar surface area (TPSA) is 44.5 Å². The van der Waals surface area contributed by atoms with Crippen LogP contribution in [-0.2, 0) is 0 Å². The number of hydrogen-bond donors (Lipinski definition) is 2. The number of fused-ring (bicyclic) bond motifs is 1. The number of hydrogen-bond acceptors (Lipinski definition) is 4. The Hall–Kier alpha value is -0.870. The van der Waals surface area contributed by atoms with Crippen molar-refractivity contribution in [1.29, 1.82) is 0 Å². The maximum absolute atomic E-state index is 5.53. The molecule has 76 valence electrons. The van der Waals surface area contributed by atoms with E-state index in [1.165, 1.54) is 0 Å². The van der Waals surface area contributed by atoms with Gasteiger partial charge in [0.25, 0.3) is 0 Å². The molecule has 1 unspecified atom stereocenters. The Morgan fingerprint density at radius 1 is 1.29 bits per heavy atom. The van der Waals surface area contributed by atoms with Crippen LogP contribution in [-0.4, -0.2) is 19.8 Å². The van der Waals surface area contributed by atoms with Gasteiger partial charge in [0.05, 0.1) is 0 Å². The summed E-state index contributed by atoms with van der Waals surface area (Å²) >= 11 is 4.37. The molecule has 0 spiro atoms. The molecule has 3 nitrogen and oxygen atoms in total. The molecule has 0 amide bonds. The minimum Gasteiger partial charge on any atom is -0.486 e. The zero-order chi connectivity index (χ0) is 9.97. The molecule has 1 heterocycles. The summed E-state index contributed by atoms with van der Waals surface area (Å²) in [5.41, 5.74) is 6.60. The second kappa shape index (κ2) is 4.11. The lowest BCUT2D eigenvalue weighted by Crippen LogP contribution is -2.16. The quantitative estimate of drug-likeness (QED) is 0.726. The van der Waals surface area contributed by atoms with Gasteiger partial charge < -0.3 is 15.2 Å². The highest BCUT2D eigenvalue weighted by atomic mass is 32.1. The normalized spacial score (nSPS) is 16.4. The van der Waals surface area contributed by atoms with E-state index >= 15 is 0 Å². The van der Waals surface area contributed by atoms with Crippen LogP contribution in [0.25, 0.3) is 0 Å². The van der Waals surface area contributed by atoms with Gasteiger partial charge in [0, 0.05) is 11.8 Å². The molecule has 2 N–H and O–H groups in total. The van der Waals surface area contributed by atoms with Gasteiger partial charge in [-0.25, -0.2) is 0 Å². The predicted octanol–water partition coefficient (Wildman–Crippen LogP) is 1.39. The van der Waals surface area contributed by atoms with E-state index in [0.717, 1.165) is 17.1 Å². The average molecular weight is 211 g/mol. The third-order valence-electron chi connectivity index (χ3n) is 2.17. The van der Waals surface area contributed by atoms with Crippen LogP contribution in [0.5, 0.6) is 11.5 Å². The molecule has 1 aromatic rings. The predicted molar refractivity (Wildman–Crippen MR) is 58.2 cm³/mol. The van der Waals surface area contributed by atoms with Gasteiger partial charge in [-0.3, -0.25) is 0 Å². The Kier molecular flexibility index (Phi) is 2.84. The molecule has 0 aliphatic carbocycles. The molecule has 1 aliphatic heterocycles. The first-order chi connectivity index (χ1) is 6.81. The third kappa shape index (κ3) is 1.81. The number of nitrogens with two attached hydrogens (primary N) is 1. The molecule has 1 aliphatic rings. The summed E-state index contributed by atoms with van der Waals surface area (Å²) in [4.78, 5) is 0. The Labute approximate surface area is 88.6 Å². The summed E-state index contributed by atoms with van der Waals surface area (Å²) in [5.74, 6) is 1.60. The van der Waals surface area contributed by atoms with Crippen molar-refractivity contribution in [2.24, 2.45) is 5.73 Å². The second-order valence-electron chi connectivity index (χ2n) is 3.15. The molecule has 0 radical (unpaired) electrons. The Balaban J connectivity index is 2.29. The fraction of sp³-hybridized carbons (Fsp3) is 0.400. The van der Waals surface area contributed by atoms with Crippen molar-refractivity contribution in [2.75, 3.05) is 19.8 Å². The van der Waals surface area contributed by atoms with E-state index in [1.54, 1.807) is 0 Å². The van der Waals surface area contributed by atoms with Crippen molar-refractivity contribution in [3.8, 4) is 11.5 Å². The average Bonchev–Trinajstić information content (AvgIpc) is 2.27. The van der Waals surface area contributed by atoms with Crippen molar-refractivity contribution >= 4 is 12.6 Å². The summed E-state index contributed by atoms with van der Waals surface area (Å²) in [6.07, 6.45) is 0. The van der Waals surface area contributed by atoms with Crippen LogP contribution in [0.4, 0.5) is 0 Å². The SMILES string of the molecule is NCC(S)c1ccc2c(c1)OCCO2. The zero-order valence-electron chi connectivity index (χ0n) is 7.77.